The molecule has 10 heteroatoms. The molecular weight excluding hydrogens is 308 g/mol. The average Bonchev–Trinajstić information content (AvgIpc) is 2.32. The van der Waals surface area contributed by atoms with Crippen LogP contribution in [0.2, 0.25) is 0 Å². The number of aliphatic carboxylic acids is 1. The van der Waals surface area contributed by atoms with Gasteiger partial charge in [-0.3, -0.25) is 14.2 Å². The van der Waals surface area contributed by atoms with Crippen LogP contribution < -0.4 is 16.4 Å². The zero-order valence-electron chi connectivity index (χ0n) is 12.0. The molecule has 6 N–H and O–H groups in total. The van der Waals surface area contributed by atoms with E-state index in [-0.39, 0.29) is 41.8 Å². The van der Waals surface area contributed by atoms with Crippen LogP contribution in [0.3, 0.4) is 0 Å². The van der Waals surface area contributed by atoms with E-state index in [0.717, 1.165) is 0 Å². The van der Waals surface area contributed by atoms with E-state index in [9.17, 15) is 14.2 Å². The fraction of sp³-hybridized carbons (Fsp3) is 0.818. The number of nitrogens with two attached hydrogens (primary N) is 1. The fourth-order valence-corrected chi connectivity index (χ4v) is 2.14. The molecule has 120 valence electrons. The second-order valence-electron chi connectivity index (χ2n) is 5.02. The van der Waals surface area contributed by atoms with Gasteiger partial charge in [0.05, 0.1) is 6.04 Å². The Labute approximate surface area is 147 Å². The molecule has 2 unspecified atom stereocenters. The van der Waals surface area contributed by atoms with E-state index in [4.69, 9.17) is 15.7 Å². The fourth-order valence-electron chi connectivity index (χ4n) is 1.33. The van der Waals surface area contributed by atoms with Crippen molar-refractivity contribution in [2.24, 2.45) is 5.73 Å². The van der Waals surface area contributed by atoms with Crippen LogP contribution in [0.25, 0.3) is 0 Å². The number of carboxylic acid groups (broad SMARTS) is 1. The summed E-state index contributed by atoms with van der Waals surface area (Å²) >= 11 is 0. The molecule has 0 aromatic heterocycles. The van der Waals surface area contributed by atoms with Gasteiger partial charge in [0.2, 0.25) is 5.91 Å². The van der Waals surface area contributed by atoms with E-state index in [0.29, 0.717) is 13.0 Å². The summed E-state index contributed by atoms with van der Waals surface area (Å²) in [5.74, 6) is -1.54. The van der Waals surface area contributed by atoms with Gasteiger partial charge in [-0.1, -0.05) is 0 Å². The maximum atomic E-state index is 11.6. The van der Waals surface area contributed by atoms with Crippen LogP contribution in [0.15, 0.2) is 0 Å². The van der Waals surface area contributed by atoms with Crippen molar-refractivity contribution in [1.82, 2.24) is 10.6 Å². The van der Waals surface area contributed by atoms with Crippen LogP contribution in [0, 0.1) is 0 Å². The molecule has 0 aromatic rings. The number of nitrogens with one attached hydrogen (secondary N) is 2. The number of carbonyl (C=O) groups excluding carboxylic acids is 1. The molecule has 21 heavy (non-hydrogen) atoms. The van der Waals surface area contributed by atoms with Gasteiger partial charge in [-0.15, -0.1) is 0 Å². The number of carboxylic acids is 1. The van der Waals surface area contributed by atoms with Gasteiger partial charge in [0, 0.05) is 25.4 Å². The third kappa shape index (κ3) is 12.3. The Balaban J connectivity index is 0. The van der Waals surface area contributed by atoms with Crippen LogP contribution in [-0.4, -0.2) is 88.9 Å². The van der Waals surface area contributed by atoms with Crippen molar-refractivity contribution < 1.29 is 24.2 Å². The van der Waals surface area contributed by atoms with Gasteiger partial charge >= 0.3 is 35.5 Å². The van der Waals surface area contributed by atoms with Gasteiger partial charge in [-0.25, -0.2) is 0 Å². The summed E-state index contributed by atoms with van der Waals surface area (Å²) in [5.41, 5.74) is 5.76. The first-order valence-corrected chi connectivity index (χ1v) is 8.63. The molecular formula is C11H25N3NaO5P. The second-order valence-corrected chi connectivity index (χ2v) is 7.57. The molecule has 0 saturated heterocycles. The summed E-state index contributed by atoms with van der Waals surface area (Å²) in [6.45, 7) is 4.54. The molecule has 0 aromatic carbocycles. The van der Waals surface area contributed by atoms with E-state index in [2.05, 4.69) is 10.6 Å². The van der Waals surface area contributed by atoms with Crippen LogP contribution in [0.4, 0.5) is 0 Å². The van der Waals surface area contributed by atoms with E-state index in [1.807, 2.05) is 0 Å². The molecule has 0 bridgehead atoms. The molecule has 0 radical (unpaired) electrons. The van der Waals surface area contributed by atoms with Gasteiger partial charge in [0.25, 0.3) is 0 Å². The Morgan fingerprint density at radius 2 is 1.81 bits per heavy atom. The Morgan fingerprint density at radius 3 is 2.24 bits per heavy atom. The Kier molecular flexibility index (Phi) is 11.9. The third-order valence-electron chi connectivity index (χ3n) is 2.72. The SMILES string of the molecule is C[C@H](NC(=O)[C@H](C)NCC(N)CCP(C)(=O)O)C(=O)O.[NaH]. The number of carbonyl (C=O) groups is 2. The van der Waals surface area contributed by atoms with Crippen molar-refractivity contribution in [3.8, 4) is 0 Å². The van der Waals surface area contributed by atoms with Gasteiger partial charge in [-0.05, 0) is 20.3 Å². The zero-order valence-corrected chi connectivity index (χ0v) is 12.9. The van der Waals surface area contributed by atoms with Gasteiger partial charge < -0.3 is 26.4 Å². The topological polar surface area (TPSA) is 142 Å². The molecule has 0 aliphatic heterocycles. The quantitative estimate of drug-likeness (QED) is 0.256. The van der Waals surface area contributed by atoms with Crippen molar-refractivity contribution >= 4 is 48.8 Å². The molecule has 0 saturated carbocycles. The first-order chi connectivity index (χ1) is 9.03. The second kappa shape index (κ2) is 10.7. The predicted octanol–water partition coefficient (Wildman–Crippen LogP) is -1.48. The van der Waals surface area contributed by atoms with Crippen molar-refractivity contribution in [1.29, 1.82) is 0 Å². The summed E-state index contributed by atoms with van der Waals surface area (Å²) in [6.07, 6.45) is 0.504. The van der Waals surface area contributed by atoms with Gasteiger partial charge in [0.1, 0.15) is 6.04 Å². The Hall–Kier alpha value is 0.0500. The average molecular weight is 333 g/mol. The summed E-state index contributed by atoms with van der Waals surface area (Å²) in [4.78, 5) is 31.4. The van der Waals surface area contributed by atoms with Crippen molar-refractivity contribution in [2.75, 3.05) is 19.4 Å². The first kappa shape index (κ1) is 23.3. The maximum absolute atomic E-state index is 11.6. The standard InChI is InChI=1S/C11H24N3O5P.Na.H/c1-7(10(15)14-8(2)11(16)17)13-6-9(12)4-5-20(3,18)19;;/h7-9,13H,4-6,12H2,1-3H3,(H,14,15)(H,16,17)(H,18,19);;/t7-,8-,9?;;/m0../s1. The number of rotatable bonds is 9. The first-order valence-electron chi connectivity index (χ1n) is 6.34. The summed E-state index contributed by atoms with van der Waals surface area (Å²) in [6, 6.07) is -1.89. The number of hydrogen-bond acceptors (Lipinski definition) is 5. The van der Waals surface area contributed by atoms with Gasteiger partial charge in [-0.2, -0.15) is 0 Å². The molecule has 0 spiro atoms. The molecule has 0 rings (SSSR count). The van der Waals surface area contributed by atoms with Crippen LogP contribution in [-0.2, 0) is 14.2 Å². The predicted molar refractivity (Wildman–Crippen MR) is 83.1 cm³/mol. The summed E-state index contributed by atoms with van der Waals surface area (Å²) in [7, 11) is -3.07. The number of hydrogen-bond donors (Lipinski definition) is 5. The van der Waals surface area contributed by atoms with Crippen molar-refractivity contribution in [3.05, 3.63) is 0 Å². The van der Waals surface area contributed by atoms with E-state index < -0.39 is 31.3 Å². The molecule has 0 aliphatic carbocycles. The van der Waals surface area contributed by atoms with Crippen LogP contribution >= 0.6 is 7.37 Å². The molecule has 1 amide bonds. The van der Waals surface area contributed by atoms with E-state index in [1.165, 1.54) is 13.6 Å². The van der Waals surface area contributed by atoms with Crippen LogP contribution in [0.1, 0.15) is 20.3 Å². The minimum absolute atomic E-state index is 0. The molecule has 0 aliphatic rings. The Bertz CT molecular complexity index is 390. The normalized spacial score (nSPS) is 17.8. The molecule has 4 atom stereocenters. The van der Waals surface area contributed by atoms with Crippen molar-refractivity contribution in [2.45, 2.75) is 38.4 Å². The Morgan fingerprint density at radius 1 is 1.29 bits per heavy atom. The molecule has 8 nitrogen and oxygen atoms in total. The monoisotopic (exact) mass is 333 g/mol. The molecule has 0 fully saturated rings. The number of amides is 1. The van der Waals surface area contributed by atoms with Gasteiger partial charge in [0.15, 0.2) is 7.37 Å². The van der Waals surface area contributed by atoms with Crippen LogP contribution in [0.5, 0.6) is 0 Å². The molecule has 0 heterocycles. The minimum atomic E-state index is -3.07. The zero-order chi connectivity index (χ0) is 15.9. The third-order valence-corrected chi connectivity index (χ3v) is 3.81. The van der Waals surface area contributed by atoms with E-state index in [1.54, 1.807) is 6.92 Å². The van der Waals surface area contributed by atoms with Crippen molar-refractivity contribution in [3.63, 3.8) is 0 Å². The van der Waals surface area contributed by atoms with E-state index >= 15 is 0 Å². The summed E-state index contributed by atoms with van der Waals surface area (Å²) in [5, 5.41) is 13.9. The summed E-state index contributed by atoms with van der Waals surface area (Å²) < 4.78 is 11.1.